The maximum absolute atomic E-state index is 13.7. The van der Waals surface area contributed by atoms with Crippen molar-refractivity contribution in [1.29, 1.82) is 0 Å². The minimum atomic E-state index is -4.13. The van der Waals surface area contributed by atoms with E-state index in [2.05, 4.69) is 55.4 Å². The monoisotopic (exact) mass is 632 g/mol. The van der Waals surface area contributed by atoms with Crippen LogP contribution in [-0.2, 0) is 15.7 Å². The van der Waals surface area contributed by atoms with Crippen LogP contribution in [0.15, 0.2) is 0 Å². The number of carbonyl (C=O) groups excluding carboxylic acids is 2. The molecule has 0 aromatic carbocycles. The summed E-state index contributed by atoms with van der Waals surface area (Å²) in [5, 5.41) is 0. The van der Waals surface area contributed by atoms with E-state index in [0.717, 1.165) is 98.8 Å². The van der Waals surface area contributed by atoms with Crippen molar-refractivity contribution < 1.29 is 15.7 Å². The third kappa shape index (κ3) is 15.2. The van der Waals surface area contributed by atoms with Crippen LogP contribution >= 0.6 is 0 Å². The van der Waals surface area contributed by atoms with Gasteiger partial charge in [-0.1, -0.05) is 0 Å². The Bertz CT molecular complexity index is 529. The molecule has 0 fully saturated rings. The summed E-state index contributed by atoms with van der Waals surface area (Å²) in [5.41, 5.74) is 0. The van der Waals surface area contributed by atoms with Gasteiger partial charge in [0.05, 0.1) is 0 Å². The van der Waals surface area contributed by atoms with Crippen molar-refractivity contribution in [1.82, 2.24) is 0 Å². The van der Waals surface area contributed by atoms with Gasteiger partial charge in [-0.25, -0.2) is 0 Å². The van der Waals surface area contributed by atoms with Crippen molar-refractivity contribution in [2.75, 3.05) is 0 Å². The number of rotatable bonds is 24. The molecule has 0 bridgehead atoms. The average Bonchev–Trinajstić information content (AvgIpc) is 2.89. The first kappa shape index (κ1) is 36.7. The van der Waals surface area contributed by atoms with Crippen molar-refractivity contribution in [3.8, 4) is 0 Å². The maximum atomic E-state index is 13.7. The zero-order valence-corrected chi connectivity index (χ0v) is 29.0. The van der Waals surface area contributed by atoms with Gasteiger partial charge < -0.3 is 0 Å². The van der Waals surface area contributed by atoms with Gasteiger partial charge in [0, 0.05) is 0 Å². The summed E-state index contributed by atoms with van der Waals surface area (Å²) < 4.78 is 15.1. The molecule has 0 aromatic rings. The first-order valence-corrected chi connectivity index (χ1v) is 22.6. The average molecular weight is 632 g/mol. The van der Waals surface area contributed by atoms with Crippen molar-refractivity contribution in [2.24, 2.45) is 23.7 Å². The Morgan fingerprint density at radius 3 is 1.11 bits per heavy atom. The molecule has 0 aliphatic rings. The minimum absolute atomic E-state index is 0.0724. The molecule has 0 unspecified atom stereocenters. The molecule has 4 nitrogen and oxygen atoms in total. The molecule has 0 amide bonds. The van der Waals surface area contributed by atoms with Crippen LogP contribution in [0.2, 0.25) is 8.87 Å². The Balaban J connectivity index is 6.37. The van der Waals surface area contributed by atoms with Crippen LogP contribution in [0, 0.1) is 23.7 Å². The Hall–Kier alpha value is -0.261. The van der Waals surface area contributed by atoms with Gasteiger partial charge in [-0.3, -0.25) is 0 Å². The molecule has 0 aliphatic heterocycles. The van der Waals surface area contributed by atoms with E-state index in [1.807, 2.05) is 0 Å². The SMILES string of the molecule is CCCC[C@H](CC)[CH2][Sn]([CH2][C@@H](CC)CCCC)([O]C(=O)[C@H](CC)CCCC)[O]C(=O)[C@H](CC)CCCC. The Morgan fingerprint density at radius 1 is 0.514 bits per heavy atom. The first-order valence-electron chi connectivity index (χ1n) is 16.2. The standard InChI is InChI=1S/2C8H16O2.2C8H17.Sn/c2*1-3-5-6-7(4-2)8(9)10;2*1-4-6-7-8(3)5-2;/h2*7H,3-6H2,1-2H3,(H,9,10);2*8H,3-7H2,1-2H3;/q;;;;+2/p-2/t2*7-;2*8-;/m1100./s1. The topological polar surface area (TPSA) is 52.6 Å². The van der Waals surface area contributed by atoms with E-state index in [9.17, 15) is 9.59 Å². The summed E-state index contributed by atoms with van der Waals surface area (Å²) in [4.78, 5) is 27.4. The van der Waals surface area contributed by atoms with Gasteiger partial charge in [-0.2, -0.15) is 0 Å². The second-order valence-corrected chi connectivity index (χ2v) is 20.2. The van der Waals surface area contributed by atoms with Crippen LogP contribution in [0.1, 0.15) is 158 Å². The van der Waals surface area contributed by atoms with Crippen molar-refractivity contribution in [3.63, 3.8) is 0 Å². The predicted octanol–water partition coefficient (Wildman–Crippen LogP) is 10.4. The fourth-order valence-electron chi connectivity index (χ4n) is 5.45. The molecule has 0 rings (SSSR count). The molecule has 0 aromatic heterocycles. The number of hydrogen-bond donors (Lipinski definition) is 0. The number of hydrogen-bond acceptors (Lipinski definition) is 4. The van der Waals surface area contributed by atoms with Crippen LogP contribution in [0.3, 0.4) is 0 Å². The zero-order chi connectivity index (χ0) is 28.1. The van der Waals surface area contributed by atoms with E-state index in [-0.39, 0.29) is 23.8 Å². The number of unbranched alkanes of at least 4 members (excludes halogenated alkanes) is 4. The molecule has 0 spiro atoms. The van der Waals surface area contributed by atoms with Crippen LogP contribution in [-0.4, -0.2) is 31.1 Å². The van der Waals surface area contributed by atoms with Crippen LogP contribution < -0.4 is 0 Å². The van der Waals surface area contributed by atoms with E-state index in [4.69, 9.17) is 6.15 Å². The van der Waals surface area contributed by atoms with Crippen molar-refractivity contribution in [3.05, 3.63) is 0 Å². The summed E-state index contributed by atoms with van der Waals surface area (Å²) in [6.45, 7) is 17.5. The zero-order valence-electron chi connectivity index (χ0n) is 26.2. The van der Waals surface area contributed by atoms with E-state index < -0.39 is 19.2 Å². The summed E-state index contributed by atoms with van der Waals surface area (Å²) >= 11 is -4.13. The fraction of sp³-hybridized carbons (Fsp3) is 0.938. The van der Waals surface area contributed by atoms with Crippen LogP contribution in [0.5, 0.6) is 0 Å². The van der Waals surface area contributed by atoms with Gasteiger partial charge >= 0.3 is 238 Å². The molecule has 0 heterocycles. The Labute approximate surface area is 236 Å². The van der Waals surface area contributed by atoms with Gasteiger partial charge in [0.1, 0.15) is 0 Å². The third-order valence-electron chi connectivity index (χ3n) is 8.32. The molecule has 0 radical (unpaired) electrons. The quantitative estimate of drug-likeness (QED) is 0.0995. The Morgan fingerprint density at radius 2 is 0.838 bits per heavy atom. The van der Waals surface area contributed by atoms with Gasteiger partial charge in [-0.05, 0) is 0 Å². The van der Waals surface area contributed by atoms with Gasteiger partial charge in [-0.15, -0.1) is 0 Å². The fourth-order valence-corrected chi connectivity index (χ4v) is 17.9. The molecule has 0 saturated heterocycles. The predicted molar refractivity (Wildman–Crippen MR) is 161 cm³/mol. The van der Waals surface area contributed by atoms with E-state index in [1.165, 1.54) is 12.8 Å². The van der Waals surface area contributed by atoms with Gasteiger partial charge in [0.2, 0.25) is 0 Å². The summed E-state index contributed by atoms with van der Waals surface area (Å²) in [6.07, 6.45) is 16.6. The molecular weight excluding hydrogens is 567 g/mol. The summed E-state index contributed by atoms with van der Waals surface area (Å²) in [7, 11) is 0. The molecule has 0 aliphatic carbocycles. The molecule has 4 atom stereocenters. The van der Waals surface area contributed by atoms with Gasteiger partial charge in [0.25, 0.3) is 0 Å². The van der Waals surface area contributed by atoms with Gasteiger partial charge in [0.15, 0.2) is 0 Å². The summed E-state index contributed by atoms with van der Waals surface area (Å²) in [5.74, 6) is 0.623. The Kier molecular flexibility index (Phi) is 22.4. The number of carbonyl (C=O) groups is 2. The second-order valence-electron chi connectivity index (χ2n) is 11.5. The van der Waals surface area contributed by atoms with E-state index in [1.54, 1.807) is 0 Å². The van der Waals surface area contributed by atoms with E-state index in [0.29, 0.717) is 11.8 Å². The first-order chi connectivity index (χ1) is 17.8. The summed E-state index contributed by atoms with van der Waals surface area (Å²) in [6, 6.07) is 0. The van der Waals surface area contributed by atoms with Crippen LogP contribution in [0.4, 0.5) is 0 Å². The van der Waals surface area contributed by atoms with Crippen molar-refractivity contribution in [2.45, 2.75) is 167 Å². The van der Waals surface area contributed by atoms with Crippen LogP contribution in [0.25, 0.3) is 0 Å². The second kappa shape index (κ2) is 22.5. The third-order valence-corrected chi connectivity index (χ3v) is 18.4. The molecule has 37 heavy (non-hydrogen) atoms. The van der Waals surface area contributed by atoms with E-state index >= 15 is 0 Å². The normalized spacial score (nSPS) is 15.1. The molecule has 220 valence electrons. The van der Waals surface area contributed by atoms with Crippen molar-refractivity contribution >= 4 is 31.1 Å². The molecule has 0 N–H and O–H groups in total. The molecule has 5 heteroatoms. The molecular formula is C32H64O4Sn. The molecule has 0 saturated carbocycles.